The fourth-order valence-corrected chi connectivity index (χ4v) is 1.78. The molecule has 0 aromatic heterocycles. The molecule has 0 atom stereocenters. The summed E-state index contributed by atoms with van der Waals surface area (Å²) in [4.78, 5) is 0. The van der Waals surface area contributed by atoms with Gasteiger partial charge in [0.15, 0.2) is 0 Å². The van der Waals surface area contributed by atoms with Gasteiger partial charge in [-0.25, -0.2) is 0 Å². The van der Waals surface area contributed by atoms with E-state index in [1.807, 2.05) is 13.8 Å². The first-order valence-corrected chi connectivity index (χ1v) is 5.59. The molecule has 0 aliphatic carbocycles. The molecular formula is C11H17ClN2O2. The normalized spacial score (nSPS) is 10.2. The number of hydrogen-bond acceptors (Lipinski definition) is 4. The smallest absolute Gasteiger partial charge is 0.150 e. The first-order valence-electron chi connectivity index (χ1n) is 5.22. The Morgan fingerprint density at radius 1 is 1.19 bits per heavy atom. The lowest BCUT2D eigenvalue weighted by molar-refractivity contribution is 0.318. The predicted octanol–water partition coefficient (Wildman–Crippen LogP) is 2.18. The molecule has 16 heavy (non-hydrogen) atoms. The molecule has 0 bridgehead atoms. The molecule has 5 heteroatoms. The highest BCUT2D eigenvalue weighted by atomic mass is 35.5. The Hall–Kier alpha value is -1.13. The first-order chi connectivity index (χ1) is 7.65. The maximum Gasteiger partial charge on any atom is 0.150 e. The Bertz CT molecular complexity index is 339. The van der Waals surface area contributed by atoms with Crippen LogP contribution in [-0.4, -0.2) is 13.2 Å². The van der Waals surface area contributed by atoms with Gasteiger partial charge in [0.05, 0.1) is 29.5 Å². The number of nitrogen functional groups attached to an aromatic ring is 1. The maximum atomic E-state index is 6.05. The quantitative estimate of drug-likeness (QED) is 0.779. The molecule has 0 aliphatic heterocycles. The largest absolute Gasteiger partial charge is 0.492 e. The lowest BCUT2D eigenvalue weighted by Gasteiger charge is -2.17. The van der Waals surface area contributed by atoms with Crippen LogP contribution in [0.15, 0.2) is 6.07 Å². The molecule has 0 saturated heterocycles. The standard InChI is InChI=1S/C11H17ClN2O2/c1-3-15-10-7(6-13)11(16-4-2)9(14)5-8(10)12/h5H,3-4,6,13-14H2,1-2H3. The highest BCUT2D eigenvalue weighted by molar-refractivity contribution is 6.32. The van der Waals surface area contributed by atoms with Crippen molar-refractivity contribution in [1.29, 1.82) is 0 Å². The van der Waals surface area contributed by atoms with E-state index in [4.69, 9.17) is 32.5 Å². The van der Waals surface area contributed by atoms with E-state index in [1.54, 1.807) is 6.07 Å². The Labute approximate surface area is 100 Å². The average molecular weight is 245 g/mol. The molecule has 1 aromatic rings. The molecule has 1 aromatic carbocycles. The zero-order valence-corrected chi connectivity index (χ0v) is 10.3. The third kappa shape index (κ3) is 2.51. The zero-order valence-electron chi connectivity index (χ0n) is 9.55. The van der Waals surface area contributed by atoms with Gasteiger partial charge >= 0.3 is 0 Å². The van der Waals surface area contributed by atoms with E-state index in [9.17, 15) is 0 Å². The highest BCUT2D eigenvalue weighted by Gasteiger charge is 2.17. The van der Waals surface area contributed by atoms with Gasteiger partial charge in [0.2, 0.25) is 0 Å². The van der Waals surface area contributed by atoms with E-state index in [1.165, 1.54) is 0 Å². The Kier molecular flexibility index (Phi) is 4.71. The van der Waals surface area contributed by atoms with E-state index in [0.29, 0.717) is 41.0 Å². The number of ether oxygens (including phenoxy) is 2. The van der Waals surface area contributed by atoms with Crippen LogP contribution in [0.4, 0.5) is 5.69 Å². The summed E-state index contributed by atoms with van der Waals surface area (Å²) >= 11 is 6.05. The van der Waals surface area contributed by atoms with E-state index in [-0.39, 0.29) is 6.54 Å². The fraction of sp³-hybridized carbons (Fsp3) is 0.455. The second-order valence-corrected chi connectivity index (χ2v) is 3.56. The molecule has 4 nitrogen and oxygen atoms in total. The van der Waals surface area contributed by atoms with Gasteiger partial charge in [-0.2, -0.15) is 0 Å². The van der Waals surface area contributed by atoms with Gasteiger partial charge in [-0.1, -0.05) is 11.6 Å². The second-order valence-electron chi connectivity index (χ2n) is 3.15. The van der Waals surface area contributed by atoms with Crippen molar-refractivity contribution in [2.75, 3.05) is 18.9 Å². The van der Waals surface area contributed by atoms with Gasteiger partial charge in [0.1, 0.15) is 11.5 Å². The van der Waals surface area contributed by atoms with Crippen LogP contribution >= 0.6 is 11.6 Å². The summed E-state index contributed by atoms with van der Waals surface area (Å²) in [5.74, 6) is 1.13. The average Bonchev–Trinajstić information content (AvgIpc) is 2.25. The minimum absolute atomic E-state index is 0.273. The van der Waals surface area contributed by atoms with E-state index in [0.717, 1.165) is 0 Å². The summed E-state index contributed by atoms with van der Waals surface area (Å²) in [5.41, 5.74) is 12.7. The number of rotatable bonds is 5. The van der Waals surface area contributed by atoms with E-state index in [2.05, 4.69) is 0 Å². The summed E-state index contributed by atoms with van der Waals surface area (Å²) in [5, 5.41) is 0.461. The lowest BCUT2D eigenvalue weighted by Crippen LogP contribution is -2.08. The molecule has 0 unspecified atom stereocenters. The van der Waals surface area contributed by atoms with Crippen LogP contribution in [0.5, 0.6) is 11.5 Å². The lowest BCUT2D eigenvalue weighted by atomic mass is 10.1. The molecule has 0 fully saturated rings. The van der Waals surface area contributed by atoms with Crippen molar-refractivity contribution < 1.29 is 9.47 Å². The van der Waals surface area contributed by atoms with Gasteiger partial charge < -0.3 is 20.9 Å². The molecule has 0 radical (unpaired) electrons. The number of benzene rings is 1. The second kappa shape index (κ2) is 5.82. The minimum Gasteiger partial charge on any atom is -0.492 e. The topological polar surface area (TPSA) is 70.5 Å². The van der Waals surface area contributed by atoms with Gasteiger partial charge in [0.25, 0.3) is 0 Å². The van der Waals surface area contributed by atoms with Crippen LogP contribution in [0.2, 0.25) is 5.02 Å². The van der Waals surface area contributed by atoms with E-state index >= 15 is 0 Å². The number of nitrogens with two attached hydrogens (primary N) is 2. The fourth-order valence-electron chi connectivity index (χ4n) is 1.49. The number of anilines is 1. The van der Waals surface area contributed by atoms with Gasteiger partial charge in [-0.05, 0) is 19.9 Å². The summed E-state index contributed by atoms with van der Waals surface area (Å²) in [7, 11) is 0. The van der Waals surface area contributed by atoms with Crippen LogP contribution in [0.25, 0.3) is 0 Å². The molecule has 0 aliphatic rings. The van der Waals surface area contributed by atoms with Crippen LogP contribution in [0.1, 0.15) is 19.4 Å². The molecule has 0 heterocycles. The molecule has 0 amide bonds. The third-order valence-corrected chi connectivity index (χ3v) is 2.37. The van der Waals surface area contributed by atoms with Gasteiger partial charge in [-0.15, -0.1) is 0 Å². The maximum absolute atomic E-state index is 6.05. The molecular weight excluding hydrogens is 228 g/mol. The Morgan fingerprint density at radius 3 is 2.25 bits per heavy atom. The van der Waals surface area contributed by atoms with Crippen LogP contribution < -0.4 is 20.9 Å². The molecule has 90 valence electrons. The SMILES string of the molecule is CCOc1c(N)cc(Cl)c(OCC)c1CN. The summed E-state index contributed by atoms with van der Waals surface area (Å²) in [6.45, 7) is 5.07. The Balaban J connectivity index is 3.30. The van der Waals surface area contributed by atoms with Crippen molar-refractivity contribution in [3.8, 4) is 11.5 Å². The predicted molar refractivity (Wildman–Crippen MR) is 66.1 cm³/mol. The van der Waals surface area contributed by atoms with E-state index < -0.39 is 0 Å². The molecule has 4 N–H and O–H groups in total. The molecule has 0 spiro atoms. The van der Waals surface area contributed by atoms with Crippen LogP contribution in [0, 0.1) is 0 Å². The van der Waals surface area contributed by atoms with Crippen molar-refractivity contribution >= 4 is 17.3 Å². The summed E-state index contributed by atoms with van der Waals surface area (Å²) in [6, 6.07) is 1.62. The monoisotopic (exact) mass is 244 g/mol. The zero-order chi connectivity index (χ0) is 12.1. The van der Waals surface area contributed by atoms with Crippen molar-refractivity contribution in [1.82, 2.24) is 0 Å². The molecule has 1 rings (SSSR count). The highest BCUT2D eigenvalue weighted by Crippen LogP contribution is 2.40. The van der Waals surface area contributed by atoms with Crippen LogP contribution in [0.3, 0.4) is 0 Å². The summed E-state index contributed by atoms with van der Waals surface area (Å²) < 4.78 is 10.9. The number of hydrogen-bond donors (Lipinski definition) is 2. The number of halogens is 1. The van der Waals surface area contributed by atoms with Crippen molar-refractivity contribution in [2.45, 2.75) is 20.4 Å². The minimum atomic E-state index is 0.273. The van der Waals surface area contributed by atoms with Crippen molar-refractivity contribution in [3.05, 3.63) is 16.7 Å². The Morgan fingerprint density at radius 2 is 1.75 bits per heavy atom. The van der Waals surface area contributed by atoms with Gasteiger partial charge in [0, 0.05) is 6.54 Å². The van der Waals surface area contributed by atoms with Crippen molar-refractivity contribution in [2.24, 2.45) is 5.73 Å². The van der Waals surface area contributed by atoms with Crippen LogP contribution in [-0.2, 0) is 6.54 Å². The summed E-state index contributed by atoms with van der Waals surface area (Å²) in [6.07, 6.45) is 0. The van der Waals surface area contributed by atoms with Crippen molar-refractivity contribution in [3.63, 3.8) is 0 Å². The third-order valence-electron chi connectivity index (χ3n) is 2.09. The first kappa shape index (κ1) is 12.9. The van der Waals surface area contributed by atoms with Gasteiger partial charge in [-0.3, -0.25) is 0 Å². The molecule has 0 saturated carbocycles.